The summed E-state index contributed by atoms with van der Waals surface area (Å²) in [4.78, 5) is 0. The van der Waals surface area contributed by atoms with Gasteiger partial charge in [0.1, 0.15) is 0 Å². The topological polar surface area (TPSA) is 0 Å². The molecule has 0 saturated heterocycles. The molecule has 0 spiro atoms. The maximum absolute atomic E-state index is 4.20. The highest BCUT2D eigenvalue weighted by Crippen LogP contribution is 2.25. The number of hydrogen-bond donors (Lipinski definition) is 0. The van der Waals surface area contributed by atoms with Crippen LogP contribution in [0.5, 0.6) is 0 Å². The fourth-order valence-corrected chi connectivity index (χ4v) is 2.01. The second kappa shape index (κ2) is 6.44. The monoisotopic (exact) mass is 228 g/mol. The zero-order valence-corrected chi connectivity index (χ0v) is 11.6. The van der Waals surface area contributed by atoms with Crippen molar-refractivity contribution in [2.75, 3.05) is 0 Å². The van der Waals surface area contributed by atoms with Gasteiger partial charge in [-0.05, 0) is 50.7 Å². The van der Waals surface area contributed by atoms with E-state index in [-0.39, 0.29) is 0 Å². The van der Waals surface area contributed by atoms with Gasteiger partial charge >= 0.3 is 0 Å². The molecule has 0 heteroatoms. The fourth-order valence-electron chi connectivity index (χ4n) is 2.01. The average molecular weight is 228 g/mol. The van der Waals surface area contributed by atoms with Crippen LogP contribution in [0.4, 0.5) is 0 Å². The Kier molecular flexibility index (Phi) is 5.21. The molecular weight excluding hydrogens is 204 g/mol. The first-order valence-corrected chi connectivity index (χ1v) is 6.37. The first-order valence-electron chi connectivity index (χ1n) is 6.37. The van der Waals surface area contributed by atoms with E-state index in [1.54, 1.807) is 0 Å². The van der Waals surface area contributed by atoms with Gasteiger partial charge in [0.2, 0.25) is 0 Å². The minimum Gasteiger partial charge on any atom is -0.0952 e. The van der Waals surface area contributed by atoms with Crippen LogP contribution in [0, 0.1) is 5.92 Å². The first kappa shape index (κ1) is 13.8. The van der Waals surface area contributed by atoms with Crippen LogP contribution in [0.3, 0.4) is 0 Å². The molecule has 1 unspecified atom stereocenters. The van der Waals surface area contributed by atoms with Gasteiger partial charge in [0.25, 0.3) is 0 Å². The second-order valence-corrected chi connectivity index (χ2v) is 5.26. The largest absolute Gasteiger partial charge is 0.0952 e. The van der Waals surface area contributed by atoms with Gasteiger partial charge in [0, 0.05) is 0 Å². The molecule has 0 N–H and O–H groups in total. The first-order chi connectivity index (χ1) is 8.00. The van der Waals surface area contributed by atoms with Crippen molar-refractivity contribution in [3.63, 3.8) is 0 Å². The highest BCUT2D eigenvalue weighted by molar-refractivity contribution is 5.63. The summed E-state index contributed by atoms with van der Waals surface area (Å²) in [5.41, 5.74) is 5.48. The van der Waals surface area contributed by atoms with Crippen molar-refractivity contribution in [2.24, 2.45) is 5.92 Å². The van der Waals surface area contributed by atoms with E-state index < -0.39 is 0 Å². The van der Waals surface area contributed by atoms with Crippen LogP contribution in [0.1, 0.15) is 46.1 Å². The Morgan fingerprint density at radius 3 is 2.18 bits per heavy atom. The molecule has 1 rings (SSSR count). The van der Waals surface area contributed by atoms with Crippen LogP contribution in [-0.4, -0.2) is 0 Å². The highest BCUT2D eigenvalue weighted by atomic mass is 14.1. The molecule has 0 aliphatic heterocycles. The minimum absolute atomic E-state index is 0.664. The summed E-state index contributed by atoms with van der Waals surface area (Å²) in [5, 5.41) is 0. The molecule has 0 aliphatic carbocycles. The molecule has 1 aromatic carbocycles. The van der Waals surface area contributed by atoms with Gasteiger partial charge in [-0.25, -0.2) is 0 Å². The Hall–Kier alpha value is -1.30. The summed E-state index contributed by atoms with van der Waals surface area (Å²) in [6, 6.07) is 10.5. The lowest BCUT2D eigenvalue weighted by Gasteiger charge is -2.15. The normalized spacial score (nSPS) is 12.0. The molecule has 0 nitrogen and oxygen atoms in total. The summed E-state index contributed by atoms with van der Waals surface area (Å²) in [6.07, 6.45) is 2.25. The zero-order chi connectivity index (χ0) is 12.8. The van der Waals surface area contributed by atoms with Gasteiger partial charge in [-0.15, -0.1) is 0 Å². The summed E-state index contributed by atoms with van der Waals surface area (Å²) in [5.74, 6) is 0.664. The standard InChI is InChI=1S/C17H24/c1-13(2)15(4)11-14(3)12-16(5)17-9-7-6-8-10-17/h6-10,14H,5,11-12H2,1-4H3. The predicted octanol–water partition coefficient (Wildman–Crippen LogP) is 5.47. The smallest absolute Gasteiger partial charge is 0.0230 e. The van der Waals surface area contributed by atoms with Crippen LogP contribution in [-0.2, 0) is 0 Å². The second-order valence-electron chi connectivity index (χ2n) is 5.26. The maximum atomic E-state index is 4.20. The quantitative estimate of drug-likeness (QED) is 0.586. The molecule has 0 heterocycles. The van der Waals surface area contributed by atoms with Crippen LogP contribution < -0.4 is 0 Å². The highest BCUT2D eigenvalue weighted by Gasteiger charge is 2.07. The Morgan fingerprint density at radius 2 is 1.65 bits per heavy atom. The molecule has 1 aromatic rings. The predicted molar refractivity (Wildman–Crippen MR) is 77.9 cm³/mol. The molecule has 0 amide bonds. The number of allylic oxidation sites excluding steroid dienone is 3. The summed E-state index contributed by atoms with van der Waals surface area (Å²) >= 11 is 0. The molecule has 0 saturated carbocycles. The molecule has 0 radical (unpaired) electrons. The SMILES string of the molecule is C=C(CC(C)CC(C)=C(C)C)c1ccccc1. The lowest BCUT2D eigenvalue weighted by molar-refractivity contribution is 0.591. The molecule has 0 fully saturated rings. The third kappa shape index (κ3) is 4.60. The molecule has 17 heavy (non-hydrogen) atoms. The Balaban J connectivity index is 2.56. The lowest BCUT2D eigenvalue weighted by Crippen LogP contribution is -1.98. The van der Waals surface area contributed by atoms with Crippen molar-refractivity contribution in [1.29, 1.82) is 0 Å². The van der Waals surface area contributed by atoms with Gasteiger partial charge in [-0.1, -0.05) is 55.0 Å². The number of hydrogen-bond acceptors (Lipinski definition) is 0. The van der Waals surface area contributed by atoms with E-state index in [0.29, 0.717) is 5.92 Å². The molecule has 0 aromatic heterocycles. The van der Waals surface area contributed by atoms with E-state index in [1.165, 1.54) is 28.7 Å². The van der Waals surface area contributed by atoms with Crippen molar-refractivity contribution in [1.82, 2.24) is 0 Å². The summed E-state index contributed by atoms with van der Waals surface area (Å²) < 4.78 is 0. The van der Waals surface area contributed by atoms with Crippen molar-refractivity contribution >= 4 is 5.57 Å². The third-order valence-corrected chi connectivity index (χ3v) is 3.29. The van der Waals surface area contributed by atoms with Crippen molar-refractivity contribution < 1.29 is 0 Å². The molecule has 1 atom stereocenters. The third-order valence-electron chi connectivity index (χ3n) is 3.29. The Morgan fingerprint density at radius 1 is 1.06 bits per heavy atom. The number of rotatable bonds is 5. The molecule has 0 aliphatic rings. The van der Waals surface area contributed by atoms with E-state index in [4.69, 9.17) is 0 Å². The summed E-state index contributed by atoms with van der Waals surface area (Å²) in [6.45, 7) is 13.1. The Bertz CT molecular complexity index is 391. The van der Waals surface area contributed by atoms with Gasteiger partial charge in [-0.2, -0.15) is 0 Å². The van der Waals surface area contributed by atoms with Crippen LogP contribution in [0.15, 0.2) is 48.1 Å². The van der Waals surface area contributed by atoms with E-state index in [2.05, 4.69) is 58.5 Å². The fraction of sp³-hybridized carbons (Fsp3) is 0.412. The summed E-state index contributed by atoms with van der Waals surface area (Å²) in [7, 11) is 0. The van der Waals surface area contributed by atoms with E-state index in [9.17, 15) is 0 Å². The van der Waals surface area contributed by atoms with E-state index in [1.807, 2.05) is 6.07 Å². The maximum Gasteiger partial charge on any atom is -0.0230 e. The lowest BCUT2D eigenvalue weighted by atomic mass is 9.91. The van der Waals surface area contributed by atoms with Gasteiger partial charge in [0.15, 0.2) is 0 Å². The number of benzene rings is 1. The van der Waals surface area contributed by atoms with Gasteiger partial charge in [-0.3, -0.25) is 0 Å². The zero-order valence-electron chi connectivity index (χ0n) is 11.6. The van der Waals surface area contributed by atoms with Crippen molar-refractivity contribution in [3.05, 3.63) is 53.6 Å². The van der Waals surface area contributed by atoms with E-state index in [0.717, 1.165) is 6.42 Å². The van der Waals surface area contributed by atoms with Crippen molar-refractivity contribution in [2.45, 2.75) is 40.5 Å². The van der Waals surface area contributed by atoms with Crippen molar-refractivity contribution in [3.8, 4) is 0 Å². The van der Waals surface area contributed by atoms with E-state index >= 15 is 0 Å². The van der Waals surface area contributed by atoms with Crippen LogP contribution in [0.25, 0.3) is 5.57 Å². The average Bonchev–Trinajstić information content (AvgIpc) is 2.29. The molecular formula is C17H24. The Labute approximate surface area is 106 Å². The van der Waals surface area contributed by atoms with Crippen LogP contribution in [0.2, 0.25) is 0 Å². The minimum atomic E-state index is 0.664. The van der Waals surface area contributed by atoms with Gasteiger partial charge < -0.3 is 0 Å². The van der Waals surface area contributed by atoms with Gasteiger partial charge in [0.05, 0.1) is 0 Å². The van der Waals surface area contributed by atoms with Crippen LogP contribution >= 0.6 is 0 Å². The molecule has 92 valence electrons. The molecule has 0 bridgehead atoms.